The predicted octanol–water partition coefficient (Wildman–Crippen LogP) is 0.0193. The van der Waals surface area contributed by atoms with E-state index in [1.54, 1.807) is 12.1 Å². The van der Waals surface area contributed by atoms with E-state index < -0.39 is 0 Å². The van der Waals surface area contributed by atoms with Crippen LogP contribution in [0.2, 0.25) is 0 Å². The third-order valence-corrected chi connectivity index (χ3v) is 2.09. The van der Waals surface area contributed by atoms with Crippen molar-refractivity contribution in [3.8, 4) is 0 Å². The number of hydrogen-bond donors (Lipinski definition) is 2. The number of pyridine rings is 1. The van der Waals surface area contributed by atoms with Gasteiger partial charge in [0.15, 0.2) is 12.0 Å². The average molecular weight is 233 g/mol. The number of nitrogens with zero attached hydrogens (tertiary/aromatic N) is 3. The third kappa shape index (κ3) is 2.77. The maximum atomic E-state index is 11.7. The number of nitrogens with two attached hydrogens (primary N) is 1. The van der Waals surface area contributed by atoms with Crippen molar-refractivity contribution in [2.24, 2.45) is 0 Å². The minimum atomic E-state index is -0.317. The number of carbonyl (C=O) groups is 1. The molecule has 0 atom stereocenters. The maximum absolute atomic E-state index is 11.7. The molecule has 0 aliphatic carbocycles. The van der Waals surface area contributed by atoms with E-state index in [0.29, 0.717) is 24.5 Å². The zero-order valence-electron chi connectivity index (χ0n) is 8.96. The minimum absolute atomic E-state index is 0.220. The molecule has 0 fully saturated rings. The lowest BCUT2D eigenvalue weighted by atomic mass is 10.3. The summed E-state index contributed by atoms with van der Waals surface area (Å²) in [6.07, 6.45) is 3.30. The summed E-state index contributed by atoms with van der Waals surface area (Å²) < 4.78 is 4.79. The minimum Gasteiger partial charge on any atom is -0.397 e. The first kappa shape index (κ1) is 11.1. The quantitative estimate of drug-likeness (QED) is 0.770. The van der Waals surface area contributed by atoms with Crippen LogP contribution in [-0.2, 0) is 6.42 Å². The van der Waals surface area contributed by atoms with Crippen molar-refractivity contribution >= 4 is 11.6 Å². The van der Waals surface area contributed by atoms with E-state index in [2.05, 4.69) is 20.4 Å². The van der Waals surface area contributed by atoms with E-state index in [-0.39, 0.29) is 11.6 Å². The van der Waals surface area contributed by atoms with Crippen molar-refractivity contribution in [1.82, 2.24) is 20.4 Å². The van der Waals surface area contributed by atoms with Crippen molar-refractivity contribution in [3.63, 3.8) is 0 Å². The van der Waals surface area contributed by atoms with Crippen molar-refractivity contribution in [3.05, 3.63) is 36.2 Å². The monoisotopic (exact) mass is 233 g/mol. The summed E-state index contributed by atoms with van der Waals surface area (Å²) in [7, 11) is 0. The lowest BCUT2D eigenvalue weighted by Gasteiger charge is -2.04. The van der Waals surface area contributed by atoms with Gasteiger partial charge in [0.2, 0.25) is 5.89 Å². The Morgan fingerprint density at radius 3 is 3.06 bits per heavy atom. The summed E-state index contributed by atoms with van der Waals surface area (Å²) in [6, 6.07) is 3.30. The van der Waals surface area contributed by atoms with Crippen molar-refractivity contribution in [2.45, 2.75) is 6.42 Å². The van der Waals surface area contributed by atoms with Gasteiger partial charge in [0.25, 0.3) is 5.91 Å². The zero-order valence-corrected chi connectivity index (χ0v) is 8.96. The van der Waals surface area contributed by atoms with Crippen LogP contribution in [0.5, 0.6) is 0 Å². The van der Waals surface area contributed by atoms with Crippen LogP contribution in [-0.4, -0.2) is 27.6 Å². The van der Waals surface area contributed by atoms with Gasteiger partial charge in [-0.05, 0) is 12.1 Å². The Morgan fingerprint density at radius 2 is 2.35 bits per heavy atom. The van der Waals surface area contributed by atoms with Crippen molar-refractivity contribution < 1.29 is 9.32 Å². The molecule has 0 bridgehead atoms. The molecule has 7 heteroatoms. The van der Waals surface area contributed by atoms with E-state index in [4.69, 9.17) is 10.3 Å². The smallest absolute Gasteiger partial charge is 0.272 e. The Morgan fingerprint density at radius 1 is 1.47 bits per heavy atom. The number of aromatic nitrogens is 3. The van der Waals surface area contributed by atoms with Gasteiger partial charge in [0.05, 0.1) is 5.69 Å². The number of nitrogen functional groups attached to an aromatic ring is 1. The summed E-state index contributed by atoms with van der Waals surface area (Å²) >= 11 is 0. The Hall–Kier alpha value is -2.44. The molecular weight excluding hydrogens is 222 g/mol. The van der Waals surface area contributed by atoms with Gasteiger partial charge in [-0.15, -0.1) is 0 Å². The van der Waals surface area contributed by atoms with Crippen molar-refractivity contribution in [1.29, 1.82) is 0 Å². The Labute approximate surface area is 97.0 Å². The molecule has 2 heterocycles. The van der Waals surface area contributed by atoms with E-state index in [9.17, 15) is 4.79 Å². The predicted molar refractivity (Wildman–Crippen MR) is 59.0 cm³/mol. The van der Waals surface area contributed by atoms with Crippen LogP contribution in [0.25, 0.3) is 0 Å². The molecule has 0 saturated carbocycles. The molecule has 0 saturated heterocycles. The molecule has 3 N–H and O–H groups in total. The van der Waals surface area contributed by atoms with Gasteiger partial charge < -0.3 is 15.6 Å². The average Bonchev–Trinajstić information content (AvgIpc) is 2.82. The van der Waals surface area contributed by atoms with E-state index >= 15 is 0 Å². The standard InChI is InChI=1S/C10H11N5O2/c11-7-2-1-4-12-9(7)10(16)13-5-3-8-14-6-15-17-8/h1-2,4,6H,3,5,11H2,(H,13,16). The topological polar surface area (TPSA) is 107 Å². The molecule has 2 aromatic heterocycles. The summed E-state index contributed by atoms with van der Waals surface area (Å²) in [4.78, 5) is 19.4. The molecular formula is C10H11N5O2. The van der Waals surface area contributed by atoms with Crippen molar-refractivity contribution in [2.75, 3.05) is 12.3 Å². The number of amides is 1. The van der Waals surface area contributed by atoms with Crippen LogP contribution in [0.15, 0.2) is 29.2 Å². The molecule has 0 radical (unpaired) electrons. The van der Waals surface area contributed by atoms with E-state index in [0.717, 1.165) is 0 Å². The van der Waals surface area contributed by atoms with Gasteiger partial charge in [-0.25, -0.2) is 4.98 Å². The summed E-state index contributed by atoms with van der Waals surface area (Å²) in [6.45, 7) is 0.386. The van der Waals surface area contributed by atoms with Crippen LogP contribution in [0.1, 0.15) is 16.4 Å². The molecule has 7 nitrogen and oxygen atoms in total. The lowest BCUT2D eigenvalue weighted by molar-refractivity contribution is 0.0949. The van der Waals surface area contributed by atoms with Gasteiger partial charge in [-0.1, -0.05) is 5.16 Å². The number of carbonyl (C=O) groups excluding carboxylic acids is 1. The molecule has 2 rings (SSSR count). The second kappa shape index (κ2) is 5.06. The number of rotatable bonds is 4. The first-order valence-electron chi connectivity index (χ1n) is 5.01. The molecule has 0 spiro atoms. The normalized spacial score (nSPS) is 10.1. The zero-order chi connectivity index (χ0) is 12.1. The largest absolute Gasteiger partial charge is 0.397 e. The fraction of sp³-hybridized carbons (Fsp3) is 0.200. The van der Waals surface area contributed by atoms with Crippen LogP contribution < -0.4 is 11.1 Å². The van der Waals surface area contributed by atoms with E-state index in [1.807, 2.05) is 0 Å². The fourth-order valence-electron chi connectivity index (χ4n) is 1.28. The highest BCUT2D eigenvalue weighted by molar-refractivity contribution is 5.96. The summed E-state index contributed by atoms with van der Waals surface area (Å²) in [5.41, 5.74) is 6.19. The second-order valence-electron chi connectivity index (χ2n) is 3.28. The van der Waals surface area contributed by atoms with Crippen LogP contribution >= 0.6 is 0 Å². The molecule has 0 aromatic carbocycles. The summed E-state index contributed by atoms with van der Waals surface area (Å²) in [5.74, 6) is 0.155. The highest BCUT2D eigenvalue weighted by atomic mass is 16.5. The highest BCUT2D eigenvalue weighted by Crippen LogP contribution is 2.06. The Balaban J connectivity index is 1.88. The van der Waals surface area contributed by atoms with Gasteiger partial charge >= 0.3 is 0 Å². The third-order valence-electron chi connectivity index (χ3n) is 2.09. The molecule has 0 unspecified atom stereocenters. The number of nitrogens with one attached hydrogen (secondary N) is 1. The van der Waals surface area contributed by atoms with Gasteiger partial charge in [0, 0.05) is 19.2 Å². The Kier molecular flexibility index (Phi) is 3.29. The molecule has 0 aliphatic heterocycles. The number of anilines is 1. The molecule has 0 aliphatic rings. The Bertz CT molecular complexity index is 497. The van der Waals surface area contributed by atoms with Gasteiger partial charge in [0.1, 0.15) is 0 Å². The molecule has 1 amide bonds. The van der Waals surface area contributed by atoms with E-state index in [1.165, 1.54) is 12.5 Å². The summed E-state index contributed by atoms with van der Waals surface area (Å²) in [5, 5.41) is 6.13. The second-order valence-corrected chi connectivity index (χ2v) is 3.28. The molecule has 17 heavy (non-hydrogen) atoms. The van der Waals surface area contributed by atoms with Gasteiger partial charge in [-0.3, -0.25) is 4.79 Å². The first-order chi connectivity index (χ1) is 8.27. The van der Waals surface area contributed by atoms with Crippen LogP contribution in [0.3, 0.4) is 0 Å². The number of hydrogen-bond acceptors (Lipinski definition) is 6. The molecule has 2 aromatic rings. The maximum Gasteiger partial charge on any atom is 0.272 e. The van der Waals surface area contributed by atoms with Crippen LogP contribution in [0, 0.1) is 0 Å². The SMILES string of the molecule is Nc1cccnc1C(=O)NCCc1ncno1. The van der Waals surface area contributed by atoms with Crippen LogP contribution in [0.4, 0.5) is 5.69 Å². The first-order valence-corrected chi connectivity index (χ1v) is 5.01. The fourth-order valence-corrected chi connectivity index (χ4v) is 1.28. The highest BCUT2D eigenvalue weighted by Gasteiger charge is 2.10. The molecule has 88 valence electrons. The van der Waals surface area contributed by atoms with Gasteiger partial charge in [-0.2, -0.15) is 4.98 Å². The lowest BCUT2D eigenvalue weighted by Crippen LogP contribution is -2.27.